The Hall–Kier alpha value is -0.900. The van der Waals surface area contributed by atoms with Gasteiger partial charge < -0.3 is 0 Å². The molecule has 12 heavy (non-hydrogen) atoms. The topological polar surface area (TPSA) is 34.9 Å². The fourth-order valence-corrected chi connectivity index (χ4v) is 1.07. The zero-order valence-corrected chi connectivity index (χ0v) is 8.28. The van der Waals surface area contributed by atoms with Gasteiger partial charge in [0.25, 0.3) is 0 Å². The minimum absolute atomic E-state index is 0.651. The molecule has 0 aliphatic rings. The van der Waals surface area contributed by atoms with Crippen molar-refractivity contribution in [1.82, 2.24) is 9.78 Å². The summed E-state index contributed by atoms with van der Waals surface area (Å²) in [7, 11) is 0. The van der Waals surface area contributed by atoms with E-state index in [4.69, 9.17) is 0 Å². The molecule has 0 N–H and O–H groups in total. The zero-order valence-electron chi connectivity index (χ0n) is 6.70. The third-order valence-corrected chi connectivity index (χ3v) is 2.01. The summed E-state index contributed by atoms with van der Waals surface area (Å²) in [6.45, 7) is 2.56. The highest BCUT2D eigenvalue weighted by Gasteiger charge is 2.02. The van der Waals surface area contributed by atoms with Crippen molar-refractivity contribution < 1.29 is 4.79 Å². The van der Waals surface area contributed by atoms with Crippen LogP contribution in [0.1, 0.15) is 16.1 Å². The van der Waals surface area contributed by atoms with E-state index in [9.17, 15) is 4.79 Å². The minimum atomic E-state index is 0.651. The quantitative estimate of drug-likeness (QED) is 0.742. The molecule has 1 heterocycles. The summed E-state index contributed by atoms with van der Waals surface area (Å²) < 4.78 is 1.77. The van der Waals surface area contributed by atoms with Gasteiger partial charge in [-0.25, -0.2) is 0 Å². The zero-order chi connectivity index (χ0) is 8.97. The van der Waals surface area contributed by atoms with Crippen molar-refractivity contribution >= 4 is 22.2 Å². The second-order valence-electron chi connectivity index (χ2n) is 2.35. The van der Waals surface area contributed by atoms with Gasteiger partial charge in [0.05, 0.1) is 18.3 Å². The molecule has 0 unspecified atom stereocenters. The highest BCUT2D eigenvalue weighted by atomic mass is 79.9. The van der Waals surface area contributed by atoms with Crippen LogP contribution in [0.3, 0.4) is 0 Å². The highest BCUT2D eigenvalue weighted by Crippen LogP contribution is 2.03. The van der Waals surface area contributed by atoms with Gasteiger partial charge in [0.2, 0.25) is 0 Å². The number of allylic oxidation sites excluding steroid dienone is 1. The van der Waals surface area contributed by atoms with E-state index < -0.39 is 0 Å². The summed E-state index contributed by atoms with van der Waals surface area (Å²) >= 11 is 3.16. The summed E-state index contributed by atoms with van der Waals surface area (Å²) in [6, 6.07) is 0. The first-order chi connectivity index (χ1) is 5.79. The van der Waals surface area contributed by atoms with Crippen LogP contribution in [-0.4, -0.2) is 16.1 Å². The SMILES string of the molecule is Cc1c(C=O)cnn1CC=CBr. The molecule has 4 heteroatoms. The molecule has 1 rings (SSSR count). The highest BCUT2D eigenvalue weighted by molar-refractivity contribution is 9.11. The molecule has 0 radical (unpaired) electrons. The van der Waals surface area contributed by atoms with Crippen LogP contribution in [0.25, 0.3) is 0 Å². The predicted octanol–water partition coefficient (Wildman–Crippen LogP) is 1.91. The first-order valence-corrected chi connectivity index (χ1v) is 4.44. The largest absolute Gasteiger partial charge is 0.298 e. The van der Waals surface area contributed by atoms with E-state index in [0.29, 0.717) is 12.1 Å². The maximum absolute atomic E-state index is 10.4. The predicted molar refractivity (Wildman–Crippen MR) is 50.4 cm³/mol. The van der Waals surface area contributed by atoms with Crippen molar-refractivity contribution in [1.29, 1.82) is 0 Å². The Balaban J connectivity index is 2.86. The number of nitrogens with zero attached hydrogens (tertiary/aromatic N) is 2. The van der Waals surface area contributed by atoms with Gasteiger partial charge in [-0.05, 0) is 11.9 Å². The second kappa shape index (κ2) is 4.21. The van der Waals surface area contributed by atoms with E-state index in [1.165, 1.54) is 0 Å². The Labute approximate surface area is 79.2 Å². The van der Waals surface area contributed by atoms with Crippen LogP contribution in [0, 0.1) is 6.92 Å². The van der Waals surface area contributed by atoms with Gasteiger partial charge >= 0.3 is 0 Å². The molecule has 0 amide bonds. The van der Waals surface area contributed by atoms with E-state index >= 15 is 0 Å². The Morgan fingerprint density at radius 3 is 3.00 bits per heavy atom. The number of hydrogen-bond donors (Lipinski definition) is 0. The maximum Gasteiger partial charge on any atom is 0.153 e. The Kier molecular flexibility index (Phi) is 3.22. The van der Waals surface area contributed by atoms with Crippen molar-refractivity contribution in [2.75, 3.05) is 0 Å². The van der Waals surface area contributed by atoms with E-state index in [-0.39, 0.29) is 0 Å². The van der Waals surface area contributed by atoms with Crippen LogP contribution >= 0.6 is 15.9 Å². The third kappa shape index (κ3) is 1.82. The number of aldehydes is 1. The van der Waals surface area contributed by atoms with Crippen LogP contribution in [0.5, 0.6) is 0 Å². The molecule has 0 aliphatic heterocycles. The van der Waals surface area contributed by atoms with Gasteiger partial charge in [-0.3, -0.25) is 9.48 Å². The molecule has 0 fully saturated rings. The molecule has 1 aromatic rings. The first kappa shape index (κ1) is 9.19. The average molecular weight is 229 g/mol. The molecule has 1 aromatic heterocycles. The van der Waals surface area contributed by atoms with Crippen molar-refractivity contribution in [3.05, 3.63) is 28.5 Å². The number of carbonyl (C=O) groups excluding carboxylic acids is 1. The first-order valence-electron chi connectivity index (χ1n) is 3.52. The van der Waals surface area contributed by atoms with Crippen molar-refractivity contribution in [2.24, 2.45) is 0 Å². The summed E-state index contributed by atoms with van der Waals surface area (Å²) in [6.07, 6.45) is 4.30. The third-order valence-electron chi connectivity index (χ3n) is 1.64. The lowest BCUT2D eigenvalue weighted by atomic mass is 10.3. The average Bonchev–Trinajstić information content (AvgIpc) is 2.43. The molecule has 3 nitrogen and oxygen atoms in total. The van der Waals surface area contributed by atoms with Crippen LogP contribution < -0.4 is 0 Å². The monoisotopic (exact) mass is 228 g/mol. The second-order valence-corrected chi connectivity index (χ2v) is 2.88. The van der Waals surface area contributed by atoms with Gasteiger partial charge in [0.1, 0.15) is 0 Å². The Morgan fingerprint density at radius 2 is 2.50 bits per heavy atom. The lowest BCUT2D eigenvalue weighted by molar-refractivity contribution is 0.112. The number of halogens is 1. The smallest absolute Gasteiger partial charge is 0.153 e. The molecular formula is C8H9BrN2O. The summed E-state index contributed by atoms with van der Waals surface area (Å²) in [5, 5.41) is 4.04. The van der Waals surface area contributed by atoms with E-state index in [1.807, 2.05) is 13.0 Å². The minimum Gasteiger partial charge on any atom is -0.298 e. The van der Waals surface area contributed by atoms with Crippen molar-refractivity contribution in [3.63, 3.8) is 0 Å². The van der Waals surface area contributed by atoms with Crippen molar-refractivity contribution in [2.45, 2.75) is 13.5 Å². The molecule has 0 aromatic carbocycles. The Morgan fingerprint density at radius 1 is 1.75 bits per heavy atom. The molecule has 64 valence electrons. The summed E-state index contributed by atoms with van der Waals surface area (Å²) in [5.74, 6) is 0. The lowest BCUT2D eigenvalue weighted by Gasteiger charge is -1.98. The van der Waals surface area contributed by atoms with Crippen LogP contribution in [0.4, 0.5) is 0 Å². The fourth-order valence-electron chi connectivity index (χ4n) is 0.900. The maximum atomic E-state index is 10.4. The summed E-state index contributed by atoms with van der Waals surface area (Å²) in [4.78, 5) is 12.2. The van der Waals surface area contributed by atoms with Gasteiger partial charge in [-0.15, -0.1) is 0 Å². The van der Waals surface area contributed by atoms with Crippen molar-refractivity contribution in [3.8, 4) is 0 Å². The molecule has 0 aliphatic carbocycles. The van der Waals surface area contributed by atoms with Gasteiger partial charge in [-0.2, -0.15) is 5.10 Å². The number of carbonyl (C=O) groups is 1. The number of hydrogen-bond acceptors (Lipinski definition) is 2. The van der Waals surface area contributed by atoms with Crippen LogP contribution in [-0.2, 0) is 6.54 Å². The van der Waals surface area contributed by atoms with Crippen LogP contribution in [0.2, 0.25) is 0 Å². The van der Waals surface area contributed by atoms with E-state index in [2.05, 4.69) is 21.0 Å². The number of aromatic nitrogens is 2. The van der Waals surface area contributed by atoms with Gasteiger partial charge in [0, 0.05) is 5.69 Å². The van der Waals surface area contributed by atoms with Gasteiger partial charge in [-0.1, -0.05) is 22.0 Å². The van der Waals surface area contributed by atoms with Gasteiger partial charge in [0.15, 0.2) is 6.29 Å². The molecule has 0 atom stereocenters. The molecule has 0 saturated heterocycles. The fraction of sp³-hybridized carbons (Fsp3) is 0.250. The van der Waals surface area contributed by atoms with Crippen LogP contribution in [0.15, 0.2) is 17.3 Å². The molecule has 0 bridgehead atoms. The van der Waals surface area contributed by atoms with E-state index in [1.54, 1.807) is 15.9 Å². The molecular weight excluding hydrogens is 220 g/mol. The molecule has 0 saturated carbocycles. The number of rotatable bonds is 3. The van der Waals surface area contributed by atoms with E-state index in [0.717, 1.165) is 12.0 Å². The Bertz CT molecular complexity index is 304. The lowest BCUT2D eigenvalue weighted by Crippen LogP contribution is -2.00. The summed E-state index contributed by atoms with van der Waals surface area (Å²) in [5.41, 5.74) is 1.55. The standard InChI is InChI=1S/C8H9BrN2O/c1-7-8(6-12)5-10-11(7)4-2-3-9/h2-3,5-6H,4H2,1H3. The normalized spacial score (nSPS) is 10.8. The molecule has 0 spiro atoms.